The maximum absolute atomic E-state index is 12.4. The minimum absolute atomic E-state index is 0.0149. The van der Waals surface area contributed by atoms with E-state index in [0.29, 0.717) is 17.6 Å². The molecule has 1 fully saturated rings. The number of fused-ring (bicyclic) bond motifs is 1. The maximum Gasteiger partial charge on any atom is 0.303 e. The van der Waals surface area contributed by atoms with Gasteiger partial charge in [0.25, 0.3) is 8.32 Å². The van der Waals surface area contributed by atoms with Crippen molar-refractivity contribution in [2.45, 2.75) is 70.9 Å². The zero-order valence-electron chi connectivity index (χ0n) is 24.9. The van der Waals surface area contributed by atoms with Gasteiger partial charge in [-0.2, -0.15) is 9.97 Å². The van der Waals surface area contributed by atoms with Crippen LogP contribution in [0.15, 0.2) is 67.0 Å². The number of rotatable bonds is 8. The van der Waals surface area contributed by atoms with Crippen LogP contribution in [-0.4, -0.2) is 52.1 Å². The molecule has 11 heteroatoms. The molecule has 1 saturated heterocycles. The second-order valence-corrected chi connectivity index (χ2v) is 16.6. The molecule has 2 aromatic carbocycles. The number of imidazole rings is 1. The van der Waals surface area contributed by atoms with Gasteiger partial charge in [-0.25, -0.2) is 4.98 Å². The zero-order valence-corrected chi connectivity index (χ0v) is 26.6. The molecule has 4 atom stereocenters. The number of nitrogens with zero attached hydrogens (tertiary/aromatic N) is 4. The van der Waals surface area contributed by atoms with Gasteiger partial charge in [-0.1, -0.05) is 107 Å². The monoisotopic (exact) mass is 607 g/mol. The van der Waals surface area contributed by atoms with Crippen molar-refractivity contribution < 1.29 is 18.7 Å². The van der Waals surface area contributed by atoms with Crippen LogP contribution in [0.2, 0.25) is 10.2 Å². The number of hydrogen-bond donors (Lipinski definition) is 1. The van der Waals surface area contributed by atoms with Gasteiger partial charge in [-0.3, -0.25) is 9.36 Å². The van der Waals surface area contributed by atoms with Crippen molar-refractivity contribution in [2.24, 2.45) is 5.92 Å². The topological polar surface area (TPSA) is 114 Å². The summed E-state index contributed by atoms with van der Waals surface area (Å²) in [5.41, 5.74) is 5.93. The second kappa shape index (κ2) is 11.4. The minimum atomic E-state index is -2.87. The number of anilines is 1. The number of benzene rings is 2. The largest absolute Gasteiger partial charge is 0.457 e. The molecule has 4 aromatic rings. The van der Waals surface area contributed by atoms with E-state index in [2.05, 4.69) is 91.2 Å². The molecule has 5 rings (SSSR count). The lowest BCUT2D eigenvalue weighted by Gasteiger charge is -2.45. The molecule has 1 aliphatic heterocycles. The third-order valence-corrected chi connectivity index (χ3v) is 13.7. The number of esters is 1. The van der Waals surface area contributed by atoms with E-state index in [1.165, 1.54) is 17.3 Å². The highest BCUT2D eigenvalue weighted by Gasteiger charge is 2.58. The fourth-order valence-electron chi connectivity index (χ4n) is 6.28. The van der Waals surface area contributed by atoms with Crippen molar-refractivity contribution in [1.82, 2.24) is 19.5 Å². The van der Waals surface area contributed by atoms with Gasteiger partial charge in [0.15, 0.2) is 23.1 Å². The third kappa shape index (κ3) is 5.10. The normalized spacial score (nSPS) is 22.9. The van der Waals surface area contributed by atoms with Gasteiger partial charge in [0.2, 0.25) is 5.95 Å². The predicted octanol–water partition coefficient (Wildman–Crippen LogP) is 4.88. The number of carbonyl (C=O) groups is 1. The van der Waals surface area contributed by atoms with Crippen LogP contribution in [0.3, 0.4) is 0 Å². The van der Waals surface area contributed by atoms with Crippen LogP contribution in [0, 0.1) is 5.92 Å². The number of carbonyl (C=O) groups excluding carboxylic acids is 1. The average Bonchev–Trinajstić information content (AvgIpc) is 3.48. The number of nitrogen functional groups attached to an aromatic ring is 1. The average molecular weight is 608 g/mol. The van der Waals surface area contributed by atoms with Crippen LogP contribution < -0.4 is 16.1 Å². The highest BCUT2D eigenvalue weighted by molar-refractivity contribution is 6.99. The van der Waals surface area contributed by atoms with E-state index in [-0.39, 0.29) is 28.7 Å². The Morgan fingerprint density at radius 2 is 1.69 bits per heavy atom. The van der Waals surface area contributed by atoms with Crippen LogP contribution in [0.4, 0.5) is 5.95 Å². The summed E-state index contributed by atoms with van der Waals surface area (Å²) in [6, 6.07) is 21.0. The number of ether oxygens (including phenoxy) is 2. The van der Waals surface area contributed by atoms with Gasteiger partial charge in [0.05, 0.1) is 18.5 Å². The molecule has 222 valence electrons. The van der Waals surface area contributed by atoms with Gasteiger partial charge in [-0.05, 0) is 21.8 Å². The van der Waals surface area contributed by atoms with Gasteiger partial charge in [0, 0.05) is 12.8 Å². The molecule has 0 amide bonds. The maximum atomic E-state index is 12.4. The molecule has 1 aliphatic rings. The van der Waals surface area contributed by atoms with Gasteiger partial charge < -0.3 is 19.6 Å². The van der Waals surface area contributed by atoms with Gasteiger partial charge in [0.1, 0.15) is 5.52 Å². The molecule has 0 saturated carbocycles. The lowest BCUT2D eigenvalue weighted by atomic mass is 9.85. The molecule has 0 unspecified atom stereocenters. The summed E-state index contributed by atoms with van der Waals surface area (Å²) in [6.07, 6.45) is 0.817. The molecular weight excluding hydrogens is 570 g/mol. The van der Waals surface area contributed by atoms with Crippen LogP contribution in [0.1, 0.15) is 54.2 Å². The van der Waals surface area contributed by atoms with Crippen molar-refractivity contribution in [3.8, 4) is 0 Å². The summed E-state index contributed by atoms with van der Waals surface area (Å²) in [4.78, 5) is 25.2. The van der Waals surface area contributed by atoms with E-state index < -0.39 is 32.2 Å². The SMILES string of the molecule is CC[C@@]1(CO[Si](c2ccccc2)(c2ccccc2)C(C)(C)C)O[C@@H](n2cnc3c(Cl)nc(N)nc32)[C@H](OC(C)=O)[C@@H]1C. The van der Waals surface area contributed by atoms with Crippen LogP contribution in [-0.2, 0) is 18.7 Å². The summed E-state index contributed by atoms with van der Waals surface area (Å²) in [6.45, 7) is 12.5. The molecule has 2 aromatic heterocycles. The van der Waals surface area contributed by atoms with Crippen molar-refractivity contribution in [2.75, 3.05) is 12.3 Å². The Bertz CT molecular complexity index is 1520. The van der Waals surface area contributed by atoms with Crippen molar-refractivity contribution in [3.05, 3.63) is 72.1 Å². The van der Waals surface area contributed by atoms with E-state index >= 15 is 0 Å². The Morgan fingerprint density at radius 1 is 1.10 bits per heavy atom. The van der Waals surface area contributed by atoms with Crippen LogP contribution in [0.5, 0.6) is 0 Å². The molecule has 9 nitrogen and oxygen atoms in total. The Kier molecular flexibility index (Phi) is 8.19. The Hall–Kier alpha value is -3.31. The minimum Gasteiger partial charge on any atom is -0.457 e. The summed E-state index contributed by atoms with van der Waals surface area (Å²) in [5, 5.41) is 2.28. The molecule has 0 bridgehead atoms. The predicted molar refractivity (Wildman–Crippen MR) is 166 cm³/mol. The Balaban J connectivity index is 1.60. The zero-order chi connectivity index (χ0) is 30.3. The Labute approximate surface area is 252 Å². The molecule has 0 spiro atoms. The molecule has 42 heavy (non-hydrogen) atoms. The molecule has 0 radical (unpaired) electrons. The van der Waals surface area contributed by atoms with E-state index in [1.807, 2.05) is 19.1 Å². The van der Waals surface area contributed by atoms with E-state index in [4.69, 9.17) is 31.2 Å². The molecule has 3 heterocycles. The second-order valence-electron chi connectivity index (χ2n) is 11.9. The first-order valence-corrected chi connectivity index (χ1v) is 16.5. The standard InChI is InChI=1S/C31H38ClN5O4Si/c1-7-31(18-39-42(30(4,5)6,22-14-10-8-11-15-22)23-16-12-9-13-17-23)20(2)25(40-21(3)38)28(41-31)37-19-34-24-26(32)35-29(33)36-27(24)37/h8-17,19-20,25,28H,7,18H2,1-6H3,(H2,33,35,36)/t20-,25+,28+,31-/m0/s1. The number of halogens is 1. The fraction of sp³-hybridized carbons (Fsp3) is 0.419. The first kappa shape index (κ1) is 30.2. The van der Waals surface area contributed by atoms with Gasteiger partial charge >= 0.3 is 5.97 Å². The van der Waals surface area contributed by atoms with E-state index in [1.54, 1.807) is 10.9 Å². The highest BCUT2D eigenvalue weighted by Crippen LogP contribution is 2.47. The molecule has 2 N–H and O–H groups in total. The van der Waals surface area contributed by atoms with Crippen molar-refractivity contribution >= 4 is 53.4 Å². The number of nitrogens with two attached hydrogens (primary N) is 1. The molecule has 0 aliphatic carbocycles. The first-order chi connectivity index (χ1) is 19.9. The van der Waals surface area contributed by atoms with Crippen molar-refractivity contribution in [1.29, 1.82) is 0 Å². The van der Waals surface area contributed by atoms with E-state index in [9.17, 15) is 4.79 Å². The summed E-state index contributed by atoms with van der Waals surface area (Å²) >= 11 is 6.33. The summed E-state index contributed by atoms with van der Waals surface area (Å²) in [5.74, 6) is -0.625. The first-order valence-electron chi connectivity index (χ1n) is 14.2. The Morgan fingerprint density at radius 3 is 2.21 bits per heavy atom. The lowest BCUT2D eigenvalue weighted by molar-refractivity contribution is -0.154. The highest BCUT2D eigenvalue weighted by atomic mass is 35.5. The van der Waals surface area contributed by atoms with Crippen molar-refractivity contribution in [3.63, 3.8) is 0 Å². The third-order valence-electron chi connectivity index (χ3n) is 8.48. The lowest BCUT2D eigenvalue weighted by Crippen LogP contribution is -2.67. The van der Waals surface area contributed by atoms with E-state index in [0.717, 1.165) is 0 Å². The summed E-state index contributed by atoms with van der Waals surface area (Å²) in [7, 11) is -2.87. The number of hydrogen-bond acceptors (Lipinski definition) is 8. The van der Waals surface area contributed by atoms with Crippen LogP contribution >= 0.6 is 11.6 Å². The summed E-state index contributed by atoms with van der Waals surface area (Å²) < 4.78 is 21.9. The quantitative estimate of drug-likeness (QED) is 0.171. The number of aromatic nitrogens is 4. The molecular formula is C31H38ClN5O4Si. The van der Waals surface area contributed by atoms with Crippen LogP contribution in [0.25, 0.3) is 11.2 Å². The van der Waals surface area contributed by atoms with Gasteiger partial charge in [-0.15, -0.1) is 0 Å². The smallest absolute Gasteiger partial charge is 0.303 e. The fourth-order valence-corrected chi connectivity index (χ4v) is 11.1.